The fraction of sp³-hybridized carbons (Fsp3) is 0.118. The molecule has 0 saturated heterocycles. The number of nitrogens with zero attached hydrogens (tertiary/aromatic N) is 2. The van der Waals surface area contributed by atoms with Crippen LogP contribution in [0, 0.1) is 0 Å². The van der Waals surface area contributed by atoms with Crippen LogP contribution in [-0.4, -0.2) is 39.2 Å². The number of para-hydroxylation sites is 2. The van der Waals surface area contributed by atoms with E-state index in [1.165, 1.54) is 0 Å². The Morgan fingerprint density at radius 1 is 1.12 bits per heavy atom. The van der Waals surface area contributed by atoms with Crippen LogP contribution in [-0.2, 0) is 0 Å². The maximum Gasteiger partial charge on any atom is 0.319 e. The van der Waals surface area contributed by atoms with Gasteiger partial charge in [0.2, 0.25) is 0 Å². The molecule has 2 heterocycles. The molecule has 0 spiro atoms. The van der Waals surface area contributed by atoms with Gasteiger partial charge in [-0.3, -0.25) is 0 Å². The van der Waals surface area contributed by atoms with E-state index in [1.54, 1.807) is 6.07 Å². The minimum absolute atomic E-state index is 0.0996. The zero-order valence-electron chi connectivity index (χ0n) is 12.7. The average Bonchev–Trinajstić information content (AvgIpc) is 2.95. The second kappa shape index (κ2) is 5.78. The molecule has 0 saturated carbocycles. The zero-order valence-corrected chi connectivity index (χ0v) is 12.7. The minimum atomic E-state index is -0.361. The van der Waals surface area contributed by atoms with Crippen molar-refractivity contribution < 1.29 is 9.90 Å². The summed E-state index contributed by atoms with van der Waals surface area (Å²) in [5.41, 5.74) is 4.69. The molecule has 4 aromatic rings. The molecule has 120 valence electrons. The topological polar surface area (TPSA) is 103 Å². The monoisotopic (exact) mass is 321 g/mol. The summed E-state index contributed by atoms with van der Waals surface area (Å²) >= 11 is 0. The Morgan fingerprint density at radius 3 is 2.71 bits per heavy atom. The highest BCUT2D eigenvalue weighted by Gasteiger charge is 2.10. The number of carbonyl (C=O) groups excluding carboxylic acids is 1. The first-order chi connectivity index (χ1) is 11.7. The molecule has 2 aromatic heterocycles. The van der Waals surface area contributed by atoms with E-state index < -0.39 is 0 Å². The first-order valence-electron chi connectivity index (χ1n) is 7.58. The Labute approximate surface area is 136 Å². The van der Waals surface area contributed by atoms with Gasteiger partial charge < -0.3 is 20.7 Å². The lowest BCUT2D eigenvalue weighted by molar-refractivity contribution is 0.245. The van der Waals surface area contributed by atoms with Gasteiger partial charge in [0.25, 0.3) is 0 Å². The molecule has 24 heavy (non-hydrogen) atoms. The number of aromatic nitrogens is 3. The number of amides is 2. The molecular weight excluding hydrogens is 306 g/mol. The lowest BCUT2D eigenvalue weighted by Gasteiger charge is -2.06. The number of anilines is 1. The van der Waals surface area contributed by atoms with Crippen molar-refractivity contribution in [2.45, 2.75) is 0 Å². The number of benzene rings is 2. The lowest BCUT2D eigenvalue weighted by Crippen LogP contribution is -2.30. The Hall–Kier alpha value is -3.19. The number of carbonyl (C=O) groups is 1. The summed E-state index contributed by atoms with van der Waals surface area (Å²) in [5, 5.41) is 14.9. The lowest BCUT2D eigenvalue weighted by atomic mass is 10.2. The van der Waals surface area contributed by atoms with Crippen LogP contribution in [0.5, 0.6) is 0 Å². The van der Waals surface area contributed by atoms with Crippen LogP contribution in [0.25, 0.3) is 33.1 Å². The molecule has 0 atom stereocenters. The van der Waals surface area contributed by atoms with Crippen molar-refractivity contribution in [1.82, 2.24) is 20.3 Å². The highest BCUT2D eigenvalue weighted by Crippen LogP contribution is 2.27. The maximum absolute atomic E-state index is 11.7. The van der Waals surface area contributed by atoms with Crippen LogP contribution in [0.15, 0.2) is 42.5 Å². The summed E-state index contributed by atoms with van der Waals surface area (Å²) in [6, 6.07) is 12.9. The number of rotatable bonds is 3. The quantitative estimate of drug-likeness (QED) is 0.465. The molecule has 4 rings (SSSR count). The number of aliphatic hydroxyl groups excluding tert-OH is 1. The van der Waals surface area contributed by atoms with E-state index in [9.17, 15) is 4.79 Å². The molecule has 7 nitrogen and oxygen atoms in total. The van der Waals surface area contributed by atoms with Gasteiger partial charge in [0.15, 0.2) is 5.65 Å². The number of hydrogen-bond donors (Lipinski definition) is 4. The third-order valence-electron chi connectivity index (χ3n) is 3.75. The van der Waals surface area contributed by atoms with Gasteiger partial charge in [0, 0.05) is 23.1 Å². The molecule has 0 aliphatic rings. The van der Waals surface area contributed by atoms with Crippen molar-refractivity contribution in [3.8, 4) is 0 Å². The van der Waals surface area contributed by atoms with Gasteiger partial charge in [-0.2, -0.15) is 0 Å². The van der Waals surface area contributed by atoms with Crippen molar-refractivity contribution >= 4 is 44.8 Å². The first kappa shape index (κ1) is 14.4. The van der Waals surface area contributed by atoms with Crippen molar-refractivity contribution in [2.75, 3.05) is 18.5 Å². The largest absolute Gasteiger partial charge is 0.395 e. The number of aliphatic hydroxyl groups is 1. The first-order valence-corrected chi connectivity index (χ1v) is 7.58. The van der Waals surface area contributed by atoms with E-state index in [0.717, 1.165) is 27.5 Å². The highest BCUT2D eigenvalue weighted by molar-refractivity contribution is 6.07. The smallest absolute Gasteiger partial charge is 0.319 e. The van der Waals surface area contributed by atoms with Gasteiger partial charge >= 0.3 is 6.03 Å². The van der Waals surface area contributed by atoms with Crippen LogP contribution in [0.4, 0.5) is 10.5 Å². The number of nitrogens with one attached hydrogen (secondary N) is 3. The van der Waals surface area contributed by atoms with Gasteiger partial charge in [-0.15, -0.1) is 0 Å². The minimum Gasteiger partial charge on any atom is -0.395 e. The number of H-pyrrole nitrogens is 1. The Morgan fingerprint density at radius 2 is 1.92 bits per heavy atom. The molecule has 2 aromatic carbocycles. The molecular formula is C17H15N5O2. The Balaban J connectivity index is 1.78. The van der Waals surface area contributed by atoms with Gasteiger partial charge in [-0.1, -0.05) is 12.1 Å². The van der Waals surface area contributed by atoms with E-state index in [1.807, 2.05) is 36.4 Å². The van der Waals surface area contributed by atoms with Crippen LogP contribution >= 0.6 is 0 Å². The summed E-state index contributed by atoms with van der Waals surface area (Å²) in [7, 11) is 0. The molecule has 0 radical (unpaired) electrons. The Bertz CT molecular complexity index is 1060. The number of hydrogen-bond acceptors (Lipinski definition) is 4. The molecule has 0 aliphatic carbocycles. The van der Waals surface area contributed by atoms with Crippen molar-refractivity contribution in [1.29, 1.82) is 0 Å². The van der Waals surface area contributed by atoms with E-state index in [2.05, 4.69) is 25.6 Å². The molecule has 7 heteroatoms. The van der Waals surface area contributed by atoms with Gasteiger partial charge in [-0.05, 0) is 30.3 Å². The third-order valence-corrected chi connectivity index (χ3v) is 3.75. The molecule has 0 unspecified atom stereocenters. The predicted octanol–water partition coefficient (Wildman–Crippen LogP) is 2.38. The molecule has 0 bridgehead atoms. The van der Waals surface area contributed by atoms with Gasteiger partial charge in [-0.25, -0.2) is 14.8 Å². The van der Waals surface area contributed by atoms with E-state index in [0.29, 0.717) is 11.3 Å². The van der Waals surface area contributed by atoms with Crippen molar-refractivity contribution in [2.24, 2.45) is 0 Å². The van der Waals surface area contributed by atoms with Crippen LogP contribution in [0.2, 0.25) is 0 Å². The predicted molar refractivity (Wildman–Crippen MR) is 93.0 cm³/mol. The van der Waals surface area contributed by atoms with E-state index in [4.69, 9.17) is 5.11 Å². The average molecular weight is 321 g/mol. The van der Waals surface area contributed by atoms with E-state index >= 15 is 0 Å². The van der Waals surface area contributed by atoms with Crippen LogP contribution in [0.3, 0.4) is 0 Å². The maximum atomic E-state index is 11.7. The summed E-state index contributed by atoms with van der Waals surface area (Å²) in [5.74, 6) is 0. The van der Waals surface area contributed by atoms with Crippen molar-refractivity contribution in [3.63, 3.8) is 0 Å². The second-order valence-corrected chi connectivity index (χ2v) is 5.40. The molecule has 2 amide bonds. The highest BCUT2D eigenvalue weighted by atomic mass is 16.3. The van der Waals surface area contributed by atoms with Gasteiger partial charge in [0.05, 0.1) is 17.6 Å². The number of fused-ring (bicyclic) bond motifs is 4. The number of aromatic amines is 1. The molecule has 0 aliphatic heterocycles. The summed E-state index contributed by atoms with van der Waals surface area (Å²) in [6.07, 6.45) is 0. The second-order valence-electron chi connectivity index (χ2n) is 5.40. The normalized spacial score (nSPS) is 11.2. The van der Waals surface area contributed by atoms with Gasteiger partial charge in [0.1, 0.15) is 5.52 Å². The van der Waals surface area contributed by atoms with Crippen LogP contribution < -0.4 is 10.6 Å². The Kier molecular flexibility index (Phi) is 3.47. The van der Waals surface area contributed by atoms with Crippen LogP contribution in [0.1, 0.15) is 0 Å². The van der Waals surface area contributed by atoms with Crippen molar-refractivity contribution in [3.05, 3.63) is 42.5 Å². The third kappa shape index (κ3) is 2.50. The zero-order chi connectivity index (χ0) is 16.5. The van der Waals surface area contributed by atoms with E-state index in [-0.39, 0.29) is 19.2 Å². The summed E-state index contributed by atoms with van der Waals surface area (Å²) in [4.78, 5) is 24.2. The molecule has 4 N–H and O–H groups in total. The number of urea groups is 1. The standard InChI is InChI=1S/C17H15N5O2/c23-8-7-18-17(24)19-10-5-6-12-11(9-10)15-16(21-12)22-14-4-2-1-3-13(14)20-15/h1-6,9,23H,7-8H2,(H,21,22)(H2,18,19,24). The fourth-order valence-corrected chi connectivity index (χ4v) is 2.67. The summed E-state index contributed by atoms with van der Waals surface area (Å²) < 4.78 is 0. The molecule has 0 fully saturated rings. The fourth-order valence-electron chi connectivity index (χ4n) is 2.67. The SMILES string of the molecule is O=C(NCCO)Nc1ccc2[nH]c3nc4ccccc4nc3c2c1. The summed E-state index contributed by atoms with van der Waals surface area (Å²) in [6.45, 7) is 0.107.